The van der Waals surface area contributed by atoms with E-state index in [2.05, 4.69) is 27.6 Å². The Morgan fingerprint density at radius 2 is 2.21 bits per heavy atom. The molecule has 2 aromatic rings. The van der Waals surface area contributed by atoms with Gasteiger partial charge in [-0.1, -0.05) is 18.1 Å². The van der Waals surface area contributed by atoms with E-state index in [9.17, 15) is 14.4 Å². The minimum Gasteiger partial charge on any atom is -0.411 e. The van der Waals surface area contributed by atoms with E-state index in [0.29, 0.717) is 35.9 Å². The van der Waals surface area contributed by atoms with Gasteiger partial charge < -0.3 is 10.5 Å². The minimum atomic E-state index is -0.152. The van der Waals surface area contributed by atoms with Gasteiger partial charge in [0.1, 0.15) is 5.82 Å². The molecule has 33 heavy (non-hydrogen) atoms. The highest BCUT2D eigenvalue weighted by molar-refractivity contribution is 5.92. The summed E-state index contributed by atoms with van der Waals surface area (Å²) in [7, 11) is 0. The number of halogens is 1. The number of carbonyl (C=O) groups is 1. The second-order valence-electron chi connectivity index (χ2n) is 10.2. The number of oxime groups is 1. The molecule has 0 bridgehead atoms. The Labute approximate surface area is 193 Å². The van der Waals surface area contributed by atoms with Gasteiger partial charge >= 0.3 is 0 Å². The SMILES string of the molecule is C[C@]12CCC3c4ccc(F)cc4CCC3C1[C@H](CCCC(=O)Nc1cccnn1)C/C2=N\O. The van der Waals surface area contributed by atoms with Crippen LogP contribution in [-0.4, -0.2) is 27.0 Å². The van der Waals surface area contributed by atoms with Gasteiger partial charge in [0.05, 0.1) is 5.71 Å². The topological polar surface area (TPSA) is 87.5 Å². The van der Waals surface area contributed by atoms with Gasteiger partial charge in [-0.2, -0.15) is 5.10 Å². The number of aromatic nitrogens is 2. The summed E-state index contributed by atoms with van der Waals surface area (Å²) in [5, 5.41) is 24.1. The van der Waals surface area contributed by atoms with Gasteiger partial charge in [0, 0.05) is 18.0 Å². The Morgan fingerprint density at radius 1 is 1.33 bits per heavy atom. The average molecular weight is 451 g/mol. The molecule has 1 heterocycles. The number of rotatable bonds is 5. The molecule has 3 aliphatic rings. The number of amides is 1. The van der Waals surface area contributed by atoms with E-state index in [4.69, 9.17) is 0 Å². The number of anilines is 1. The molecule has 1 aromatic heterocycles. The minimum absolute atomic E-state index is 0.0533. The van der Waals surface area contributed by atoms with Crippen LogP contribution in [0.25, 0.3) is 0 Å². The number of benzene rings is 1. The van der Waals surface area contributed by atoms with E-state index in [1.54, 1.807) is 30.5 Å². The van der Waals surface area contributed by atoms with Crippen molar-refractivity contribution in [3.05, 3.63) is 53.5 Å². The predicted molar refractivity (Wildman–Crippen MR) is 124 cm³/mol. The lowest BCUT2D eigenvalue weighted by Gasteiger charge is -2.50. The highest BCUT2D eigenvalue weighted by atomic mass is 19.1. The van der Waals surface area contributed by atoms with Crippen LogP contribution < -0.4 is 5.32 Å². The molecule has 0 aliphatic heterocycles. The van der Waals surface area contributed by atoms with Crippen molar-refractivity contribution in [1.29, 1.82) is 0 Å². The fraction of sp³-hybridized carbons (Fsp3) is 0.538. The third kappa shape index (κ3) is 4.02. The molecule has 5 atom stereocenters. The van der Waals surface area contributed by atoms with Crippen molar-refractivity contribution in [1.82, 2.24) is 10.2 Å². The number of hydrogen-bond donors (Lipinski definition) is 2. The van der Waals surface area contributed by atoms with Crippen molar-refractivity contribution in [3.63, 3.8) is 0 Å². The molecule has 5 rings (SSSR count). The highest BCUT2D eigenvalue weighted by Gasteiger charge is 2.57. The lowest BCUT2D eigenvalue weighted by atomic mass is 9.54. The second kappa shape index (κ2) is 8.84. The van der Waals surface area contributed by atoms with Crippen LogP contribution in [0.3, 0.4) is 0 Å². The monoisotopic (exact) mass is 450 g/mol. The molecule has 174 valence electrons. The molecule has 7 heteroatoms. The number of hydrogen-bond acceptors (Lipinski definition) is 5. The van der Waals surface area contributed by atoms with Crippen LogP contribution in [0, 0.1) is 29.0 Å². The lowest BCUT2D eigenvalue weighted by molar-refractivity contribution is -0.116. The summed E-state index contributed by atoms with van der Waals surface area (Å²) >= 11 is 0. The maximum Gasteiger partial charge on any atom is 0.225 e. The molecule has 6 nitrogen and oxygen atoms in total. The highest BCUT2D eigenvalue weighted by Crippen LogP contribution is 2.62. The molecule has 2 saturated carbocycles. The van der Waals surface area contributed by atoms with Crippen LogP contribution in [0.15, 0.2) is 41.7 Å². The van der Waals surface area contributed by atoms with Crippen LogP contribution in [0.1, 0.15) is 68.9 Å². The zero-order chi connectivity index (χ0) is 23.0. The van der Waals surface area contributed by atoms with Gasteiger partial charge in [-0.15, -0.1) is 5.10 Å². The van der Waals surface area contributed by atoms with Crippen LogP contribution in [-0.2, 0) is 11.2 Å². The fourth-order valence-electron chi connectivity index (χ4n) is 7.15. The van der Waals surface area contributed by atoms with Crippen LogP contribution in [0.4, 0.5) is 10.2 Å². The van der Waals surface area contributed by atoms with Gasteiger partial charge in [0.2, 0.25) is 5.91 Å². The van der Waals surface area contributed by atoms with Crippen LogP contribution in [0.2, 0.25) is 0 Å². The van der Waals surface area contributed by atoms with Crippen LogP contribution >= 0.6 is 0 Å². The second-order valence-corrected chi connectivity index (χ2v) is 10.2. The van der Waals surface area contributed by atoms with Gasteiger partial charge in [-0.3, -0.25) is 4.79 Å². The predicted octanol–water partition coefficient (Wildman–Crippen LogP) is 5.34. The Hall–Kier alpha value is -2.83. The molecule has 2 N–H and O–H groups in total. The first-order chi connectivity index (χ1) is 16.0. The third-order valence-corrected chi connectivity index (χ3v) is 8.50. The number of carbonyl (C=O) groups excluding carboxylic acids is 1. The lowest BCUT2D eigenvalue weighted by Crippen LogP contribution is -2.44. The van der Waals surface area contributed by atoms with Gasteiger partial charge in [0.25, 0.3) is 0 Å². The maximum absolute atomic E-state index is 13.8. The van der Waals surface area contributed by atoms with Crippen molar-refractivity contribution >= 4 is 17.4 Å². The van der Waals surface area contributed by atoms with E-state index >= 15 is 0 Å². The number of fused-ring (bicyclic) bond motifs is 5. The summed E-state index contributed by atoms with van der Waals surface area (Å²) in [6.45, 7) is 2.27. The Balaban J connectivity index is 1.30. The van der Waals surface area contributed by atoms with E-state index in [0.717, 1.165) is 56.2 Å². The standard InChI is InChI=1S/C26H31FN4O2/c1-26-12-11-20-19-10-8-18(27)14-16(19)7-9-21(20)25(26)17(15-22(26)31-33)4-2-6-24(32)29-23-5-3-13-28-30-23/h3,5,8,10,13-14,17,20-21,25,33H,2,4,6-7,9,11-12,15H2,1H3,(H,29,30,32)/b31-22+/t17-,20?,21?,25?,26-/m1/s1. The maximum atomic E-state index is 13.8. The van der Waals surface area contributed by atoms with Gasteiger partial charge in [-0.25, -0.2) is 4.39 Å². The first-order valence-corrected chi connectivity index (χ1v) is 12.1. The summed E-state index contributed by atoms with van der Waals surface area (Å²) in [5.74, 6) is 2.01. The molecule has 1 amide bonds. The summed E-state index contributed by atoms with van der Waals surface area (Å²) in [5.41, 5.74) is 3.29. The number of nitrogens with zero attached hydrogens (tertiary/aromatic N) is 3. The average Bonchev–Trinajstić information content (AvgIpc) is 3.11. The molecular weight excluding hydrogens is 419 g/mol. The third-order valence-electron chi connectivity index (χ3n) is 8.50. The molecule has 1 aromatic carbocycles. The zero-order valence-electron chi connectivity index (χ0n) is 19.0. The van der Waals surface area contributed by atoms with Crippen molar-refractivity contribution in [2.75, 3.05) is 5.32 Å². The summed E-state index contributed by atoms with van der Waals surface area (Å²) in [6, 6.07) is 8.77. The molecule has 3 aliphatic carbocycles. The summed E-state index contributed by atoms with van der Waals surface area (Å²) in [6.07, 6.45) is 8.48. The Morgan fingerprint density at radius 3 is 3.00 bits per heavy atom. The number of aryl methyl sites for hydroxylation is 1. The summed E-state index contributed by atoms with van der Waals surface area (Å²) < 4.78 is 13.8. The molecule has 2 fully saturated rings. The van der Waals surface area contributed by atoms with Gasteiger partial charge in [-0.05, 0) is 104 Å². The Bertz CT molecular complexity index is 1060. The van der Waals surface area contributed by atoms with E-state index in [-0.39, 0.29) is 17.1 Å². The first kappa shape index (κ1) is 22.0. The summed E-state index contributed by atoms with van der Waals surface area (Å²) in [4.78, 5) is 12.4. The van der Waals surface area contributed by atoms with Crippen molar-refractivity contribution in [2.45, 2.75) is 64.2 Å². The number of nitrogens with one attached hydrogen (secondary N) is 1. The van der Waals surface area contributed by atoms with Crippen LogP contribution in [0.5, 0.6) is 0 Å². The van der Waals surface area contributed by atoms with Crippen molar-refractivity contribution in [2.24, 2.45) is 28.3 Å². The molecule has 0 spiro atoms. The molecule has 3 unspecified atom stereocenters. The molecule has 0 radical (unpaired) electrons. The van der Waals surface area contributed by atoms with E-state index in [1.807, 2.05) is 6.07 Å². The van der Waals surface area contributed by atoms with E-state index < -0.39 is 0 Å². The van der Waals surface area contributed by atoms with Crippen molar-refractivity contribution < 1.29 is 14.4 Å². The van der Waals surface area contributed by atoms with Crippen molar-refractivity contribution in [3.8, 4) is 0 Å². The normalized spacial score (nSPS) is 31.5. The Kier molecular flexibility index (Phi) is 5.89. The quantitative estimate of drug-likeness (QED) is 0.476. The van der Waals surface area contributed by atoms with Gasteiger partial charge in [0.15, 0.2) is 5.82 Å². The molecular formula is C26H31FN4O2. The zero-order valence-corrected chi connectivity index (χ0v) is 19.0. The largest absolute Gasteiger partial charge is 0.411 e. The first-order valence-electron chi connectivity index (χ1n) is 12.1. The smallest absolute Gasteiger partial charge is 0.225 e. The van der Waals surface area contributed by atoms with E-state index in [1.165, 1.54) is 5.56 Å². The fourth-order valence-corrected chi connectivity index (χ4v) is 7.15. The molecule has 0 saturated heterocycles.